The van der Waals surface area contributed by atoms with Crippen LogP contribution in [0.1, 0.15) is 68.6 Å². The van der Waals surface area contributed by atoms with Crippen LogP contribution in [0.5, 0.6) is 0 Å². The molecule has 1 heteroatoms. The summed E-state index contributed by atoms with van der Waals surface area (Å²) in [6, 6.07) is 4.67. The summed E-state index contributed by atoms with van der Waals surface area (Å²) in [5.41, 5.74) is 5.71. The summed E-state index contributed by atoms with van der Waals surface area (Å²) in [7, 11) is 0. The Morgan fingerprint density at radius 1 is 1.15 bits per heavy atom. The van der Waals surface area contributed by atoms with Gasteiger partial charge in [-0.2, -0.15) is 0 Å². The van der Waals surface area contributed by atoms with Crippen LogP contribution in [0.4, 0.5) is 0 Å². The zero-order valence-corrected chi connectivity index (χ0v) is 14.7. The third-order valence-corrected chi connectivity index (χ3v) is 5.79. The van der Waals surface area contributed by atoms with Gasteiger partial charge in [0, 0.05) is 4.47 Å². The van der Waals surface area contributed by atoms with Gasteiger partial charge >= 0.3 is 0 Å². The first kappa shape index (κ1) is 15.8. The minimum atomic E-state index is 0.933. The van der Waals surface area contributed by atoms with E-state index in [1.54, 1.807) is 5.57 Å². The van der Waals surface area contributed by atoms with E-state index in [0.29, 0.717) is 0 Å². The standard InChI is InChI=1S/C19H27Br/c1-4-5-6-7-16-8-10-17(11-9-16)18-12-14(2)19(20)15(3)13-18/h10,12-13,16H,4-9,11H2,1-3H3. The average Bonchev–Trinajstić information content (AvgIpc) is 2.45. The first-order chi connectivity index (χ1) is 9.61. The van der Waals surface area contributed by atoms with Crippen molar-refractivity contribution >= 4 is 21.5 Å². The highest BCUT2D eigenvalue weighted by atomic mass is 79.9. The van der Waals surface area contributed by atoms with Crippen molar-refractivity contribution in [3.8, 4) is 0 Å². The maximum absolute atomic E-state index is 3.66. The molecule has 20 heavy (non-hydrogen) atoms. The summed E-state index contributed by atoms with van der Waals surface area (Å²) in [5, 5.41) is 0. The molecule has 0 saturated heterocycles. The lowest BCUT2D eigenvalue weighted by Crippen LogP contribution is -2.05. The Hall–Kier alpha value is -0.560. The summed E-state index contributed by atoms with van der Waals surface area (Å²) >= 11 is 3.66. The smallest absolute Gasteiger partial charge is 0.0234 e. The van der Waals surface area contributed by atoms with Crippen molar-refractivity contribution < 1.29 is 0 Å². The van der Waals surface area contributed by atoms with Crippen LogP contribution in [0.3, 0.4) is 0 Å². The number of allylic oxidation sites excluding steroid dienone is 2. The molecule has 0 amide bonds. The lowest BCUT2D eigenvalue weighted by atomic mass is 9.83. The molecule has 0 radical (unpaired) electrons. The van der Waals surface area contributed by atoms with Crippen LogP contribution in [0.25, 0.3) is 5.57 Å². The van der Waals surface area contributed by atoms with Gasteiger partial charge in [-0.1, -0.05) is 66.7 Å². The summed E-state index contributed by atoms with van der Waals surface area (Å²) in [4.78, 5) is 0. The quantitative estimate of drug-likeness (QED) is 0.517. The number of hydrogen-bond donors (Lipinski definition) is 0. The molecule has 110 valence electrons. The third-order valence-electron chi connectivity index (χ3n) is 4.54. The molecule has 0 spiro atoms. The molecule has 0 aromatic heterocycles. The predicted molar refractivity (Wildman–Crippen MR) is 93.1 cm³/mol. The molecule has 1 aliphatic carbocycles. The zero-order valence-electron chi connectivity index (χ0n) is 13.1. The molecule has 1 aromatic carbocycles. The van der Waals surface area contributed by atoms with Gasteiger partial charge in [0.2, 0.25) is 0 Å². The van der Waals surface area contributed by atoms with Crippen LogP contribution >= 0.6 is 15.9 Å². The topological polar surface area (TPSA) is 0 Å². The monoisotopic (exact) mass is 334 g/mol. The van der Waals surface area contributed by atoms with Crippen LogP contribution in [0.2, 0.25) is 0 Å². The Labute approximate surface area is 132 Å². The minimum absolute atomic E-state index is 0.933. The Balaban J connectivity index is 2.01. The fourth-order valence-corrected chi connectivity index (χ4v) is 3.46. The second-order valence-electron chi connectivity index (χ2n) is 6.29. The van der Waals surface area contributed by atoms with Crippen LogP contribution in [0.15, 0.2) is 22.7 Å². The molecule has 0 heterocycles. The molecular weight excluding hydrogens is 308 g/mol. The minimum Gasteiger partial charge on any atom is -0.0804 e. The molecule has 1 aliphatic rings. The van der Waals surface area contributed by atoms with Gasteiger partial charge in [-0.15, -0.1) is 0 Å². The molecular formula is C19H27Br. The maximum Gasteiger partial charge on any atom is 0.0234 e. The van der Waals surface area contributed by atoms with Gasteiger partial charge < -0.3 is 0 Å². The summed E-state index contributed by atoms with van der Waals surface area (Å²) in [5.74, 6) is 0.933. The van der Waals surface area contributed by atoms with E-state index in [0.717, 1.165) is 5.92 Å². The van der Waals surface area contributed by atoms with Crippen molar-refractivity contribution in [2.45, 2.75) is 65.7 Å². The summed E-state index contributed by atoms with van der Waals surface area (Å²) in [6.45, 7) is 6.67. The second kappa shape index (κ2) is 7.45. The highest BCUT2D eigenvalue weighted by molar-refractivity contribution is 9.10. The molecule has 0 bridgehead atoms. The van der Waals surface area contributed by atoms with E-state index in [9.17, 15) is 0 Å². The molecule has 1 unspecified atom stereocenters. The van der Waals surface area contributed by atoms with Crippen molar-refractivity contribution in [2.24, 2.45) is 5.92 Å². The number of rotatable bonds is 5. The largest absolute Gasteiger partial charge is 0.0804 e. The van der Waals surface area contributed by atoms with E-state index in [4.69, 9.17) is 0 Å². The van der Waals surface area contributed by atoms with E-state index < -0.39 is 0 Å². The van der Waals surface area contributed by atoms with Crippen molar-refractivity contribution in [1.82, 2.24) is 0 Å². The van der Waals surface area contributed by atoms with Crippen LogP contribution in [0, 0.1) is 19.8 Å². The molecule has 2 rings (SSSR count). The Morgan fingerprint density at radius 2 is 1.85 bits per heavy atom. The van der Waals surface area contributed by atoms with Gasteiger partial charge in [0.05, 0.1) is 0 Å². The van der Waals surface area contributed by atoms with Crippen molar-refractivity contribution in [2.75, 3.05) is 0 Å². The Bertz CT molecular complexity index is 462. The maximum atomic E-state index is 3.66. The SMILES string of the molecule is CCCCCC1CC=C(c2cc(C)c(Br)c(C)c2)CC1. The average molecular weight is 335 g/mol. The first-order valence-corrected chi connectivity index (χ1v) is 8.87. The first-order valence-electron chi connectivity index (χ1n) is 8.08. The lowest BCUT2D eigenvalue weighted by molar-refractivity contribution is 0.428. The summed E-state index contributed by atoms with van der Waals surface area (Å²) in [6.07, 6.45) is 12.0. The molecule has 0 N–H and O–H groups in total. The Morgan fingerprint density at radius 3 is 2.40 bits per heavy atom. The van der Waals surface area contributed by atoms with Crippen molar-refractivity contribution in [3.63, 3.8) is 0 Å². The highest BCUT2D eigenvalue weighted by Crippen LogP contribution is 2.34. The number of hydrogen-bond acceptors (Lipinski definition) is 0. The van der Waals surface area contributed by atoms with Gasteiger partial charge in [-0.05, 0) is 61.3 Å². The van der Waals surface area contributed by atoms with Gasteiger partial charge in [-0.25, -0.2) is 0 Å². The van der Waals surface area contributed by atoms with E-state index >= 15 is 0 Å². The van der Waals surface area contributed by atoms with Crippen molar-refractivity contribution in [1.29, 1.82) is 0 Å². The zero-order chi connectivity index (χ0) is 14.5. The second-order valence-corrected chi connectivity index (χ2v) is 7.08. The molecule has 0 saturated carbocycles. The number of unbranched alkanes of at least 4 members (excludes halogenated alkanes) is 2. The van der Waals surface area contributed by atoms with Gasteiger partial charge in [0.25, 0.3) is 0 Å². The van der Waals surface area contributed by atoms with E-state index in [-0.39, 0.29) is 0 Å². The molecule has 1 atom stereocenters. The summed E-state index contributed by atoms with van der Waals surface area (Å²) < 4.78 is 1.26. The number of benzene rings is 1. The Kier molecular flexibility index (Phi) is 5.89. The molecule has 0 nitrogen and oxygen atoms in total. The van der Waals surface area contributed by atoms with Crippen LogP contribution in [-0.4, -0.2) is 0 Å². The number of aryl methyl sites for hydroxylation is 2. The van der Waals surface area contributed by atoms with Gasteiger partial charge in [0.1, 0.15) is 0 Å². The lowest BCUT2D eigenvalue weighted by Gasteiger charge is -2.22. The molecule has 1 aromatic rings. The highest BCUT2D eigenvalue weighted by Gasteiger charge is 2.16. The van der Waals surface area contributed by atoms with Crippen LogP contribution < -0.4 is 0 Å². The van der Waals surface area contributed by atoms with Gasteiger partial charge in [-0.3, -0.25) is 0 Å². The normalized spacial score (nSPS) is 19.0. The van der Waals surface area contributed by atoms with Gasteiger partial charge in [0.15, 0.2) is 0 Å². The fraction of sp³-hybridized carbons (Fsp3) is 0.579. The third kappa shape index (κ3) is 3.97. The molecule has 0 fully saturated rings. The van der Waals surface area contributed by atoms with E-state index in [1.165, 1.54) is 66.1 Å². The van der Waals surface area contributed by atoms with E-state index in [2.05, 4.69) is 54.9 Å². The molecule has 0 aliphatic heterocycles. The predicted octanol–water partition coefficient (Wildman–Crippen LogP) is 6.83. The number of halogens is 1. The van der Waals surface area contributed by atoms with E-state index in [1.807, 2.05) is 0 Å². The fourth-order valence-electron chi connectivity index (χ4n) is 3.23. The van der Waals surface area contributed by atoms with Crippen LogP contribution in [-0.2, 0) is 0 Å². The van der Waals surface area contributed by atoms with Crippen molar-refractivity contribution in [3.05, 3.63) is 39.4 Å².